The predicted molar refractivity (Wildman–Crippen MR) is 89.0 cm³/mol. The summed E-state index contributed by atoms with van der Waals surface area (Å²) >= 11 is 2.47. The van der Waals surface area contributed by atoms with Gasteiger partial charge in [-0.05, 0) is 73.4 Å². The van der Waals surface area contributed by atoms with Crippen molar-refractivity contribution in [1.82, 2.24) is 5.32 Å². The summed E-state index contributed by atoms with van der Waals surface area (Å²) in [7, 11) is 0. The molecule has 0 fully saturated rings. The molecule has 1 aromatic rings. The van der Waals surface area contributed by atoms with Gasteiger partial charge in [0.2, 0.25) is 0 Å². The zero-order valence-corrected chi connectivity index (χ0v) is 13.9. The molecular formula is C16H24IN. The highest BCUT2D eigenvalue weighted by Crippen LogP contribution is 2.27. The van der Waals surface area contributed by atoms with Crippen LogP contribution in [0.5, 0.6) is 0 Å². The van der Waals surface area contributed by atoms with E-state index in [0.29, 0.717) is 6.04 Å². The zero-order chi connectivity index (χ0) is 13.5. The van der Waals surface area contributed by atoms with Crippen LogP contribution in [0.25, 0.3) is 0 Å². The van der Waals surface area contributed by atoms with Crippen molar-refractivity contribution in [3.05, 3.63) is 45.0 Å². The highest BCUT2D eigenvalue weighted by molar-refractivity contribution is 14.1. The molecule has 18 heavy (non-hydrogen) atoms. The Bertz CT molecular complexity index is 398. The maximum absolute atomic E-state index is 4.01. The lowest BCUT2D eigenvalue weighted by Gasteiger charge is -2.21. The Labute approximate surface area is 125 Å². The lowest BCUT2D eigenvalue weighted by atomic mass is 9.98. The molecule has 0 aromatic heterocycles. The fourth-order valence-electron chi connectivity index (χ4n) is 2.02. The van der Waals surface area contributed by atoms with Gasteiger partial charge in [-0.25, -0.2) is 0 Å². The van der Waals surface area contributed by atoms with Crippen LogP contribution < -0.4 is 5.32 Å². The van der Waals surface area contributed by atoms with Crippen LogP contribution in [0.2, 0.25) is 0 Å². The van der Waals surface area contributed by atoms with Crippen molar-refractivity contribution in [2.75, 3.05) is 6.54 Å². The summed E-state index contributed by atoms with van der Waals surface area (Å²) in [6, 6.07) is 7.05. The molecule has 0 amide bonds. The van der Waals surface area contributed by atoms with E-state index >= 15 is 0 Å². The summed E-state index contributed by atoms with van der Waals surface area (Å²) in [6.07, 6.45) is 3.39. The Kier molecular flexibility index (Phi) is 6.94. The van der Waals surface area contributed by atoms with E-state index in [0.717, 1.165) is 19.4 Å². The molecule has 1 unspecified atom stereocenters. The predicted octanol–water partition coefficient (Wildman–Crippen LogP) is 5.00. The summed E-state index contributed by atoms with van der Waals surface area (Å²) in [5.74, 6) is 0. The Morgan fingerprint density at radius 3 is 2.78 bits per heavy atom. The van der Waals surface area contributed by atoms with Gasteiger partial charge in [-0.1, -0.05) is 30.7 Å². The SMILES string of the molecule is C=C(C)CCC(NCCC)c1cccc(C)c1I. The lowest BCUT2D eigenvalue weighted by Crippen LogP contribution is -2.23. The Morgan fingerprint density at radius 1 is 1.44 bits per heavy atom. The summed E-state index contributed by atoms with van der Waals surface area (Å²) in [6.45, 7) is 11.6. The van der Waals surface area contributed by atoms with Gasteiger partial charge in [0.25, 0.3) is 0 Å². The van der Waals surface area contributed by atoms with E-state index < -0.39 is 0 Å². The highest BCUT2D eigenvalue weighted by atomic mass is 127. The van der Waals surface area contributed by atoms with Crippen molar-refractivity contribution in [3.8, 4) is 0 Å². The van der Waals surface area contributed by atoms with E-state index in [2.05, 4.69) is 73.5 Å². The number of hydrogen-bond acceptors (Lipinski definition) is 1. The summed E-state index contributed by atoms with van der Waals surface area (Å²) in [5.41, 5.74) is 4.07. The molecule has 0 radical (unpaired) electrons. The van der Waals surface area contributed by atoms with Crippen molar-refractivity contribution >= 4 is 22.6 Å². The van der Waals surface area contributed by atoms with Gasteiger partial charge in [-0.15, -0.1) is 6.58 Å². The standard InChI is InChI=1S/C16H24IN/c1-5-11-18-15(10-9-12(2)3)14-8-6-7-13(4)16(14)17/h6-8,15,18H,2,5,9-11H2,1,3-4H3. The van der Waals surface area contributed by atoms with Gasteiger partial charge in [0.15, 0.2) is 0 Å². The molecule has 1 nitrogen and oxygen atoms in total. The number of allylic oxidation sites excluding steroid dienone is 1. The Balaban J connectivity index is 2.86. The van der Waals surface area contributed by atoms with Crippen molar-refractivity contribution in [1.29, 1.82) is 0 Å². The fourth-order valence-corrected chi connectivity index (χ4v) is 2.75. The van der Waals surface area contributed by atoms with Gasteiger partial charge in [-0.2, -0.15) is 0 Å². The minimum absolute atomic E-state index is 0.452. The number of rotatable bonds is 7. The first-order valence-electron chi connectivity index (χ1n) is 6.69. The highest BCUT2D eigenvalue weighted by Gasteiger charge is 2.14. The van der Waals surface area contributed by atoms with Crippen molar-refractivity contribution < 1.29 is 0 Å². The average Bonchev–Trinajstić information content (AvgIpc) is 2.33. The molecule has 0 aliphatic carbocycles. The second-order valence-corrected chi connectivity index (χ2v) is 6.06. The molecule has 0 aliphatic heterocycles. The number of halogens is 1. The molecule has 1 atom stereocenters. The molecule has 2 heteroatoms. The molecule has 1 aromatic carbocycles. The van der Waals surface area contributed by atoms with Crippen molar-refractivity contribution in [2.45, 2.75) is 46.1 Å². The first-order valence-corrected chi connectivity index (χ1v) is 7.77. The van der Waals surface area contributed by atoms with Crippen LogP contribution in [0, 0.1) is 10.5 Å². The molecule has 0 saturated heterocycles. The van der Waals surface area contributed by atoms with Gasteiger partial charge in [-0.3, -0.25) is 0 Å². The van der Waals surface area contributed by atoms with Gasteiger partial charge in [0, 0.05) is 9.61 Å². The number of aryl methyl sites for hydroxylation is 1. The third kappa shape index (κ3) is 4.73. The maximum Gasteiger partial charge on any atom is 0.0333 e. The second-order valence-electron chi connectivity index (χ2n) is 4.98. The van der Waals surface area contributed by atoms with Crippen LogP contribution in [0.15, 0.2) is 30.4 Å². The second kappa shape index (κ2) is 7.95. The Morgan fingerprint density at radius 2 is 2.17 bits per heavy atom. The lowest BCUT2D eigenvalue weighted by molar-refractivity contribution is 0.497. The van der Waals surface area contributed by atoms with E-state index in [-0.39, 0.29) is 0 Å². The van der Waals surface area contributed by atoms with E-state index in [9.17, 15) is 0 Å². The smallest absolute Gasteiger partial charge is 0.0333 e. The van der Waals surface area contributed by atoms with E-state index in [4.69, 9.17) is 0 Å². The minimum Gasteiger partial charge on any atom is -0.310 e. The first kappa shape index (κ1) is 15.7. The number of benzene rings is 1. The van der Waals surface area contributed by atoms with Crippen LogP contribution in [-0.4, -0.2) is 6.54 Å². The summed E-state index contributed by atoms with van der Waals surface area (Å²) < 4.78 is 1.39. The molecule has 0 saturated carbocycles. The Hall–Kier alpha value is -0.350. The number of hydrogen-bond donors (Lipinski definition) is 1. The van der Waals surface area contributed by atoms with E-state index in [1.807, 2.05) is 0 Å². The van der Waals surface area contributed by atoms with Crippen LogP contribution in [0.4, 0.5) is 0 Å². The van der Waals surface area contributed by atoms with Crippen LogP contribution in [0.1, 0.15) is 50.3 Å². The molecule has 1 N–H and O–H groups in total. The van der Waals surface area contributed by atoms with Gasteiger partial charge in [0.1, 0.15) is 0 Å². The third-order valence-corrected chi connectivity index (χ3v) is 4.57. The van der Waals surface area contributed by atoms with E-state index in [1.54, 1.807) is 0 Å². The quantitative estimate of drug-likeness (QED) is 0.535. The van der Waals surface area contributed by atoms with Gasteiger partial charge in [0.05, 0.1) is 0 Å². The summed E-state index contributed by atoms with van der Waals surface area (Å²) in [4.78, 5) is 0. The van der Waals surface area contributed by atoms with Gasteiger partial charge < -0.3 is 5.32 Å². The average molecular weight is 357 g/mol. The maximum atomic E-state index is 4.01. The third-order valence-electron chi connectivity index (χ3n) is 3.10. The van der Waals surface area contributed by atoms with Gasteiger partial charge >= 0.3 is 0 Å². The van der Waals surface area contributed by atoms with Crippen molar-refractivity contribution in [2.24, 2.45) is 0 Å². The largest absolute Gasteiger partial charge is 0.310 e. The molecular weight excluding hydrogens is 333 g/mol. The topological polar surface area (TPSA) is 12.0 Å². The molecule has 0 spiro atoms. The van der Waals surface area contributed by atoms with Crippen LogP contribution in [0.3, 0.4) is 0 Å². The minimum atomic E-state index is 0.452. The number of nitrogens with one attached hydrogen (secondary N) is 1. The first-order chi connectivity index (χ1) is 8.56. The molecule has 1 rings (SSSR count). The molecule has 0 heterocycles. The fraction of sp³-hybridized carbons (Fsp3) is 0.500. The van der Waals surface area contributed by atoms with Crippen LogP contribution in [-0.2, 0) is 0 Å². The molecule has 0 aliphatic rings. The van der Waals surface area contributed by atoms with Crippen molar-refractivity contribution in [3.63, 3.8) is 0 Å². The van der Waals surface area contributed by atoms with Crippen LogP contribution >= 0.6 is 22.6 Å². The normalized spacial score (nSPS) is 12.4. The molecule has 100 valence electrons. The molecule has 0 bridgehead atoms. The monoisotopic (exact) mass is 357 g/mol. The summed E-state index contributed by atoms with van der Waals surface area (Å²) in [5, 5.41) is 3.66. The zero-order valence-electron chi connectivity index (χ0n) is 11.7. The van der Waals surface area contributed by atoms with E-state index in [1.165, 1.54) is 26.7 Å².